The molecule has 0 amide bonds. The second-order valence-electron chi connectivity index (χ2n) is 7.51. The quantitative estimate of drug-likeness (QED) is 0.575. The third kappa shape index (κ3) is 4.31. The number of benzene rings is 1. The Morgan fingerprint density at radius 1 is 1.18 bits per heavy atom. The van der Waals surface area contributed by atoms with Crippen molar-refractivity contribution >= 4 is 16.9 Å². The minimum Gasteiger partial charge on any atom is -0.466 e. The van der Waals surface area contributed by atoms with Crippen molar-refractivity contribution in [3.05, 3.63) is 41.6 Å². The first-order valence-electron chi connectivity index (χ1n) is 9.97. The average molecular weight is 393 g/mol. The molecule has 1 fully saturated rings. The number of alkyl halides is 3. The fourth-order valence-corrected chi connectivity index (χ4v) is 4.47. The molecule has 1 atom stereocenters. The number of carbonyl (C=O) groups excluding carboxylic acids is 1. The van der Waals surface area contributed by atoms with Crippen molar-refractivity contribution in [1.82, 2.24) is 4.98 Å². The lowest BCUT2D eigenvalue weighted by Crippen LogP contribution is -2.28. The number of rotatable bonds is 5. The third-order valence-corrected chi connectivity index (χ3v) is 5.91. The van der Waals surface area contributed by atoms with Crippen molar-refractivity contribution in [2.24, 2.45) is 11.8 Å². The van der Waals surface area contributed by atoms with Crippen molar-refractivity contribution in [2.75, 3.05) is 6.61 Å². The van der Waals surface area contributed by atoms with Gasteiger partial charge in [-0.15, -0.1) is 0 Å². The zero-order valence-electron chi connectivity index (χ0n) is 16.3. The van der Waals surface area contributed by atoms with E-state index in [2.05, 4.69) is 4.98 Å². The summed E-state index contributed by atoms with van der Waals surface area (Å²) in [4.78, 5) is 16.4. The number of halogens is 3. The maximum atomic E-state index is 13.1. The van der Waals surface area contributed by atoms with Gasteiger partial charge in [-0.2, -0.15) is 13.2 Å². The van der Waals surface area contributed by atoms with Crippen LogP contribution in [0.25, 0.3) is 10.9 Å². The molecule has 1 aromatic carbocycles. The number of aromatic nitrogens is 1. The van der Waals surface area contributed by atoms with Crippen LogP contribution in [-0.4, -0.2) is 17.6 Å². The monoisotopic (exact) mass is 393 g/mol. The molecule has 0 spiro atoms. The number of esters is 1. The Balaban J connectivity index is 1.80. The number of nitrogens with zero attached hydrogens (tertiary/aromatic N) is 1. The number of ether oxygens (including phenoxy) is 1. The fraction of sp³-hybridized carbons (Fsp3) is 0.545. The highest BCUT2D eigenvalue weighted by Crippen LogP contribution is 2.42. The van der Waals surface area contributed by atoms with Gasteiger partial charge >= 0.3 is 12.1 Å². The topological polar surface area (TPSA) is 39.2 Å². The molecular weight excluding hydrogens is 367 g/mol. The van der Waals surface area contributed by atoms with Gasteiger partial charge in [0.2, 0.25) is 0 Å². The van der Waals surface area contributed by atoms with Gasteiger partial charge in [0, 0.05) is 11.6 Å². The predicted molar refractivity (Wildman–Crippen MR) is 102 cm³/mol. The number of hydrogen-bond donors (Lipinski definition) is 0. The molecule has 1 unspecified atom stereocenters. The van der Waals surface area contributed by atoms with Crippen LogP contribution in [0.15, 0.2) is 30.5 Å². The van der Waals surface area contributed by atoms with Crippen molar-refractivity contribution in [2.45, 2.75) is 58.0 Å². The Morgan fingerprint density at radius 2 is 1.89 bits per heavy atom. The third-order valence-electron chi connectivity index (χ3n) is 5.91. The summed E-state index contributed by atoms with van der Waals surface area (Å²) in [6.07, 6.45) is 1.53. The smallest absolute Gasteiger partial charge is 0.416 e. The zero-order chi connectivity index (χ0) is 20.3. The van der Waals surface area contributed by atoms with Crippen LogP contribution >= 0.6 is 0 Å². The van der Waals surface area contributed by atoms with Crippen LogP contribution < -0.4 is 0 Å². The normalized spacial score (nSPS) is 21.5. The molecule has 0 radical (unpaired) electrons. The molecular formula is C22H26F3NO2. The molecule has 152 valence electrons. The van der Waals surface area contributed by atoms with Gasteiger partial charge in [0.05, 0.1) is 23.6 Å². The molecule has 0 saturated heterocycles. The van der Waals surface area contributed by atoms with E-state index in [-0.39, 0.29) is 23.7 Å². The molecule has 1 heterocycles. The molecule has 1 aliphatic rings. The summed E-state index contributed by atoms with van der Waals surface area (Å²) in [5.74, 6) is 0.244. The lowest BCUT2D eigenvalue weighted by Gasteiger charge is -2.33. The second-order valence-corrected chi connectivity index (χ2v) is 7.51. The van der Waals surface area contributed by atoms with Gasteiger partial charge < -0.3 is 4.74 Å². The summed E-state index contributed by atoms with van der Waals surface area (Å²) in [5, 5.41) is 0.582. The van der Waals surface area contributed by atoms with Gasteiger partial charge in [0.25, 0.3) is 0 Å². The highest BCUT2D eigenvalue weighted by Gasteiger charge is 2.34. The molecule has 6 heteroatoms. The number of fused-ring (bicyclic) bond motifs is 1. The van der Waals surface area contributed by atoms with E-state index in [9.17, 15) is 18.0 Å². The van der Waals surface area contributed by atoms with E-state index in [1.807, 2.05) is 19.9 Å². The van der Waals surface area contributed by atoms with Crippen LogP contribution in [0.5, 0.6) is 0 Å². The van der Waals surface area contributed by atoms with E-state index >= 15 is 0 Å². The van der Waals surface area contributed by atoms with E-state index in [1.165, 1.54) is 12.1 Å². The molecule has 1 saturated carbocycles. The maximum absolute atomic E-state index is 13.1. The van der Waals surface area contributed by atoms with Gasteiger partial charge in [-0.25, -0.2) is 0 Å². The molecule has 28 heavy (non-hydrogen) atoms. The minimum absolute atomic E-state index is 0.0908. The summed E-state index contributed by atoms with van der Waals surface area (Å²) < 4.78 is 44.6. The van der Waals surface area contributed by atoms with E-state index in [0.29, 0.717) is 17.5 Å². The number of carbonyl (C=O) groups is 1. The summed E-state index contributed by atoms with van der Waals surface area (Å²) in [6, 6.07) is 5.59. The lowest BCUT2D eigenvalue weighted by molar-refractivity contribution is -0.150. The number of pyridine rings is 1. The molecule has 3 rings (SSSR count). The fourth-order valence-electron chi connectivity index (χ4n) is 4.47. The van der Waals surface area contributed by atoms with Gasteiger partial charge in [-0.1, -0.05) is 6.92 Å². The van der Waals surface area contributed by atoms with E-state index < -0.39 is 11.7 Å². The van der Waals surface area contributed by atoms with Crippen LogP contribution in [0.2, 0.25) is 0 Å². The highest BCUT2D eigenvalue weighted by atomic mass is 19.4. The maximum Gasteiger partial charge on any atom is 0.416 e. The lowest BCUT2D eigenvalue weighted by atomic mass is 9.72. The first kappa shape index (κ1) is 20.6. The van der Waals surface area contributed by atoms with Crippen LogP contribution in [0.4, 0.5) is 13.2 Å². The Hall–Kier alpha value is -2.11. The Morgan fingerprint density at radius 3 is 2.50 bits per heavy atom. The van der Waals surface area contributed by atoms with Crippen LogP contribution in [0.3, 0.4) is 0 Å². The van der Waals surface area contributed by atoms with E-state index in [4.69, 9.17) is 4.74 Å². The van der Waals surface area contributed by atoms with E-state index in [1.54, 1.807) is 6.20 Å². The van der Waals surface area contributed by atoms with Crippen molar-refractivity contribution in [3.63, 3.8) is 0 Å². The molecule has 1 aliphatic carbocycles. The summed E-state index contributed by atoms with van der Waals surface area (Å²) in [5.41, 5.74) is 0.876. The van der Waals surface area contributed by atoms with Crippen LogP contribution in [0.1, 0.15) is 63.0 Å². The second kappa shape index (κ2) is 8.50. The molecule has 0 aliphatic heterocycles. The minimum atomic E-state index is -4.37. The standard InChI is InChI=1S/C22H26F3NO2/c1-3-17(21(27)28-4-2)14-5-7-15(8-6-14)18-11-12-26-20-10-9-16(13-19(18)20)22(23,24)25/h9-15,17H,3-8H2,1-2H3/t14-,15-,17?. The van der Waals surface area contributed by atoms with Crippen molar-refractivity contribution < 1.29 is 22.7 Å². The molecule has 0 N–H and O–H groups in total. The summed E-state index contributed by atoms with van der Waals surface area (Å²) >= 11 is 0. The van der Waals surface area contributed by atoms with Crippen molar-refractivity contribution in [3.8, 4) is 0 Å². The first-order chi connectivity index (χ1) is 13.3. The van der Waals surface area contributed by atoms with E-state index in [0.717, 1.165) is 43.7 Å². The van der Waals surface area contributed by atoms with Gasteiger partial charge in [-0.3, -0.25) is 9.78 Å². The van der Waals surface area contributed by atoms with Gasteiger partial charge in [0.15, 0.2) is 0 Å². The molecule has 2 aromatic rings. The highest BCUT2D eigenvalue weighted by molar-refractivity contribution is 5.83. The Labute approximate surface area is 163 Å². The SMILES string of the molecule is CCOC(=O)C(CC)[C@H]1CC[C@H](c2ccnc3ccc(C(F)(F)F)cc32)CC1. The van der Waals surface area contributed by atoms with Crippen LogP contribution in [0, 0.1) is 11.8 Å². The molecule has 3 nitrogen and oxygen atoms in total. The van der Waals surface area contributed by atoms with Crippen LogP contribution in [-0.2, 0) is 15.7 Å². The number of hydrogen-bond acceptors (Lipinski definition) is 3. The van der Waals surface area contributed by atoms with Gasteiger partial charge in [-0.05, 0) is 80.7 Å². The molecule has 1 aromatic heterocycles. The van der Waals surface area contributed by atoms with Crippen molar-refractivity contribution in [1.29, 1.82) is 0 Å². The summed E-state index contributed by atoms with van der Waals surface area (Å²) in [6.45, 7) is 4.20. The Kier molecular flexibility index (Phi) is 6.26. The Bertz CT molecular complexity index is 826. The predicted octanol–water partition coefficient (Wildman–Crippen LogP) is 6.12. The zero-order valence-corrected chi connectivity index (χ0v) is 16.3. The average Bonchev–Trinajstić information content (AvgIpc) is 2.68. The van der Waals surface area contributed by atoms with Gasteiger partial charge in [0.1, 0.15) is 0 Å². The molecule has 0 bridgehead atoms. The largest absolute Gasteiger partial charge is 0.466 e. The first-order valence-corrected chi connectivity index (χ1v) is 9.97. The summed E-state index contributed by atoms with van der Waals surface area (Å²) in [7, 11) is 0.